The Labute approximate surface area is 220 Å². The molecule has 1 aromatic heterocycles. The van der Waals surface area contributed by atoms with Gasteiger partial charge in [0.15, 0.2) is 0 Å². The number of carboxylic acids is 1. The van der Waals surface area contributed by atoms with Gasteiger partial charge in [0.1, 0.15) is 12.4 Å². The Bertz CT molecular complexity index is 1290. The van der Waals surface area contributed by atoms with Crippen LogP contribution in [0.3, 0.4) is 0 Å². The Balaban J connectivity index is 1.18. The minimum atomic E-state index is -1.09. The highest BCUT2D eigenvalue weighted by molar-refractivity contribution is 6.33. The fourth-order valence-electron chi connectivity index (χ4n) is 5.01. The Morgan fingerprint density at radius 3 is 2.57 bits per heavy atom. The Hall–Kier alpha value is -3.62. The number of aryl methyl sites for hydroxylation is 1. The molecule has 8 nitrogen and oxygen atoms in total. The molecule has 2 fully saturated rings. The highest BCUT2D eigenvalue weighted by atomic mass is 35.5. The average molecular weight is 522 g/mol. The highest BCUT2D eigenvalue weighted by Crippen LogP contribution is 2.33. The van der Waals surface area contributed by atoms with Crippen molar-refractivity contribution in [3.05, 3.63) is 88.1 Å². The highest BCUT2D eigenvalue weighted by Gasteiger charge is 2.40. The lowest BCUT2D eigenvalue weighted by atomic mass is 9.98. The topological polar surface area (TPSA) is 92.2 Å². The van der Waals surface area contributed by atoms with E-state index in [9.17, 15) is 9.59 Å². The zero-order valence-corrected chi connectivity index (χ0v) is 21.2. The van der Waals surface area contributed by atoms with E-state index in [-0.39, 0.29) is 28.8 Å². The van der Waals surface area contributed by atoms with Crippen molar-refractivity contribution in [2.75, 3.05) is 19.7 Å². The van der Waals surface area contributed by atoms with Gasteiger partial charge in [-0.15, -0.1) is 0 Å². The second-order valence-electron chi connectivity index (χ2n) is 9.36. The largest absolute Gasteiger partial charge is 0.478 e. The molecule has 2 aromatic carbocycles. The van der Waals surface area contributed by atoms with Gasteiger partial charge in [0, 0.05) is 43.5 Å². The van der Waals surface area contributed by atoms with E-state index in [0.717, 1.165) is 49.3 Å². The molecule has 0 radical (unpaired) electrons. The number of carboxylic acid groups (broad SMARTS) is 1. The van der Waals surface area contributed by atoms with E-state index in [2.05, 4.69) is 22.0 Å². The van der Waals surface area contributed by atoms with Crippen LogP contribution >= 0.6 is 11.6 Å². The number of pyridine rings is 1. The predicted molar refractivity (Wildman–Crippen MR) is 138 cm³/mol. The van der Waals surface area contributed by atoms with Crippen molar-refractivity contribution in [2.45, 2.75) is 38.4 Å². The summed E-state index contributed by atoms with van der Waals surface area (Å²) in [5, 5.41) is 9.23. The van der Waals surface area contributed by atoms with Crippen molar-refractivity contribution >= 4 is 23.7 Å². The zero-order chi connectivity index (χ0) is 25.9. The maximum Gasteiger partial charge on any atom is 0.410 e. The quantitative estimate of drug-likeness (QED) is 0.427. The van der Waals surface area contributed by atoms with Gasteiger partial charge in [-0.2, -0.15) is 0 Å². The number of amides is 1. The molecule has 2 aliphatic rings. The third-order valence-corrected chi connectivity index (χ3v) is 7.32. The van der Waals surface area contributed by atoms with E-state index >= 15 is 0 Å². The van der Waals surface area contributed by atoms with E-state index in [1.807, 2.05) is 36.1 Å². The lowest BCUT2D eigenvalue weighted by molar-refractivity contribution is 0.0697. The van der Waals surface area contributed by atoms with Gasteiger partial charge >= 0.3 is 12.1 Å². The van der Waals surface area contributed by atoms with Crippen LogP contribution in [0.1, 0.15) is 46.1 Å². The number of hydrogen-bond acceptors (Lipinski definition) is 6. The van der Waals surface area contributed by atoms with Gasteiger partial charge < -0.3 is 14.6 Å². The molecule has 2 aliphatic heterocycles. The number of carbonyl (C=O) groups excluding carboxylic acids is 1. The fourth-order valence-corrected chi connectivity index (χ4v) is 5.26. The summed E-state index contributed by atoms with van der Waals surface area (Å²) in [5.41, 5.74) is 3.10. The summed E-state index contributed by atoms with van der Waals surface area (Å²) in [6.07, 6.45) is 1.56. The number of aromatic nitrogens is 1. The summed E-state index contributed by atoms with van der Waals surface area (Å²) in [6.45, 7) is 4.86. The van der Waals surface area contributed by atoms with Gasteiger partial charge in [0.25, 0.3) is 0 Å². The van der Waals surface area contributed by atoms with E-state index in [0.29, 0.717) is 18.2 Å². The molecule has 0 unspecified atom stereocenters. The summed E-state index contributed by atoms with van der Waals surface area (Å²) in [7, 11) is 0. The Morgan fingerprint density at radius 1 is 1.14 bits per heavy atom. The van der Waals surface area contributed by atoms with Gasteiger partial charge in [-0.3, -0.25) is 9.80 Å². The lowest BCUT2D eigenvalue weighted by Crippen LogP contribution is -2.46. The van der Waals surface area contributed by atoms with Crippen molar-refractivity contribution in [3.8, 4) is 11.6 Å². The van der Waals surface area contributed by atoms with Gasteiger partial charge in [-0.25, -0.2) is 14.6 Å². The standard InChI is InChI=1S/C28H28ClN3O5/c1-18-20(7-10-26(30-18)37-22-8-9-23(27(33)34)24(29)15-22)16-31-13-11-21(12-14-31)32-25(17-36-28(32)35)19-5-3-2-4-6-19/h2-10,15,21,25H,11-14,16-17H2,1H3,(H,33,34)/t25-/m0/s1. The molecule has 0 saturated carbocycles. The maximum atomic E-state index is 12.5. The molecular formula is C28H28ClN3O5. The normalized spacial score (nSPS) is 18.6. The molecule has 1 amide bonds. The number of piperidine rings is 1. The van der Waals surface area contributed by atoms with Crippen molar-refractivity contribution in [1.82, 2.24) is 14.8 Å². The van der Waals surface area contributed by atoms with Crippen LogP contribution in [-0.2, 0) is 11.3 Å². The molecule has 37 heavy (non-hydrogen) atoms. The molecule has 2 saturated heterocycles. The third-order valence-electron chi connectivity index (χ3n) is 7.00. The maximum absolute atomic E-state index is 12.5. The number of ether oxygens (including phenoxy) is 2. The molecule has 0 spiro atoms. The number of halogens is 1. The number of likely N-dealkylation sites (tertiary alicyclic amines) is 1. The molecule has 1 atom stereocenters. The first-order valence-electron chi connectivity index (χ1n) is 12.3. The fraction of sp³-hybridized carbons (Fsp3) is 0.321. The summed E-state index contributed by atoms with van der Waals surface area (Å²) < 4.78 is 11.2. The minimum absolute atomic E-state index is 0.0227. The SMILES string of the molecule is Cc1nc(Oc2ccc(C(=O)O)c(Cl)c2)ccc1CN1CCC(N2C(=O)OC[C@H]2c2ccccc2)CC1. The lowest BCUT2D eigenvalue weighted by Gasteiger charge is -2.38. The van der Waals surface area contributed by atoms with Gasteiger partial charge in [0.2, 0.25) is 5.88 Å². The Kier molecular flexibility index (Phi) is 7.30. The number of rotatable bonds is 7. The monoisotopic (exact) mass is 521 g/mol. The average Bonchev–Trinajstić information content (AvgIpc) is 3.28. The Morgan fingerprint density at radius 2 is 1.89 bits per heavy atom. The van der Waals surface area contributed by atoms with Crippen LogP contribution in [0.4, 0.5) is 4.79 Å². The minimum Gasteiger partial charge on any atom is -0.478 e. The summed E-state index contributed by atoms with van der Waals surface area (Å²) in [6, 6.07) is 18.5. The summed E-state index contributed by atoms with van der Waals surface area (Å²) in [5.74, 6) is -0.250. The van der Waals surface area contributed by atoms with Crippen molar-refractivity contribution in [1.29, 1.82) is 0 Å². The number of hydrogen-bond donors (Lipinski definition) is 1. The van der Waals surface area contributed by atoms with Crippen molar-refractivity contribution < 1.29 is 24.2 Å². The summed E-state index contributed by atoms with van der Waals surface area (Å²) >= 11 is 6.04. The zero-order valence-electron chi connectivity index (χ0n) is 20.5. The second kappa shape index (κ2) is 10.8. The van der Waals surface area contributed by atoms with Gasteiger partial charge in [0.05, 0.1) is 16.6 Å². The number of cyclic esters (lactones) is 1. The number of nitrogens with zero attached hydrogens (tertiary/aromatic N) is 3. The molecule has 0 bridgehead atoms. The molecule has 9 heteroatoms. The summed E-state index contributed by atoms with van der Waals surface area (Å²) in [4.78, 5) is 32.6. The molecule has 5 rings (SSSR count). The van der Waals surface area contributed by atoms with E-state index in [4.69, 9.17) is 26.2 Å². The van der Waals surface area contributed by atoms with Crippen molar-refractivity contribution in [3.63, 3.8) is 0 Å². The number of aromatic carboxylic acids is 1. The van der Waals surface area contributed by atoms with Crippen LogP contribution in [-0.4, -0.2) is 57.7 Å². The molecule has 0 aliphatic carbocycles. The van der Waals surface area contributed by atoms with Gasteiger partial charge in [-0.1, -0.05) is 48.0 Å². The van der Waals surface area contributed by atoms with Crippen LogP contribution < -0.4 is 4.74 Å². The van der Waals surface area contributed by atoms with Crippen LogP contribution in [0, 0.1) is 6.92 Å². The smallest absolute Gasteiger partial charge is 0.410 e. The molecule has 192 valence electrons. The number of carbonyl (C=O) groups is 2. The van der Waals surface area contributed by atoms with E-state index < -0.39 is 5.97 Å². The first kappa shape index (κ1) is 25.0. The first-order chi connectivity index (χ1) is 17.9. The van der Waals surface area contributed by atoms with Crippen LogP contribution in [0.5, 0.6) is 11.6 Å². The van der Waals surface area contributed by atoms with Crippen LogP contribution in [0.15, 0.2) is 60.7 Å². The van der Waals surface area contributed by atoms with Crippen LogP contribution in [0.2, 0.25) is 5.02 Å². The number of benzene rings is 2. The van der Waals surface area contributed by atoms with Crippen molar-refractivity contribution in [2.24, 2.45) is 0 Å². The molecule has 3 aromatic rings. The van der Waals surface area contributed by atoms with Crippen LogP contribution in [0.25, 0.3) is 0 Å². The third kappa shape index (κ3) is 5.55. The molecule has 1 N–H and O–H groups in total. The van der Waals surface area contributed by atoms with E-state index in [1.165, 1.54) is 12.1 Å². The molecular weight excluding hydrogens is 494 g/mol. The molecule has 3 heterocycles. The predicted octanol–water partition coefficient (Wildman–Crippen LogP) is 5.69. The van der Waals surface area contributed by atoms with E-state index in [1.54, 1.807) is 12.1 Å². The second-order valence-corrected chi connectivity index (χ2v) is 9.77. The van der Waals surface area contributed by atoms with Gasteiger partial charge in [-0.05, 0) is 43.0 Å². The first-order valence-corrected chi connectivity index (χ1v) is 12.7.